The maximum absolute atomic E-state index is 5.35. The minimum absolute atomic E-state index is 0.0884. The van der Waals surface area contributed by atoms with Crippen LogP contribution >= 0.6 is 0 Å². The Labute approximate surface area is 69.1 Å². The average Bonchev–Trinajstić information content (AvgIpc) is 1.97. The molecule has 62 valence electrons. The Morgan fingerprint density at radius 2 is 2.18 bits per heavy atom. The lowest BCUT2D eigenvalue weighted by atomic mass is 10.1. The highest BCUT2D eigenvalue weighted by molar-refractivity contribution is 4.96. The highest BCUT2D eigenvalue weighted by Crippen LogP contribution is 2.06. The van der Waals surface area contributed by atoms with E-state index in [4.69, 9.17) is 4.74 Å². The molecule has 0 fully saturated rings. The zero-order valence-corrected chi connectivity index (χ0v) is 7.18. The number of rotatable bonds is 6. The summed E-state index contributed by atoms with van der Waals surface area (Å²) in [6.45, 7) is 13.6. The van der Waals surface area contributed by atoms with Crippen LogP contribution in [0, 0.1) is 0 Å². The third-order valence-electron chi connectivity index (χ3n) is 1.24. The molecule has 0 heterocycles. The Kier molecular flexibility index (Phi) is 5.49. The van der Waals surface area contributed by atoms with Gasteiger partial charge >= 0.3 is 0 Å². The quantitative estimate of drug-likeness (QED) is 0.532. The number of hydrogen-bond donors (Lipinski definition) is 0. The predicted octanol–water partition coefficient (Wildman–Crippen LogP) is 2.71. The van der Waals surface area contributed by atoms with Crippen molar-refractivity contribution in [3.05, 3.63) is 37.5 Å². The second kappa shape index (κ2) is 5.93. The maximum atomic E-state index is 5.35. The maximum Gasteiger partial charge on any atom is 0.0794 e. The predicted molar refractivity (Wildman–Crippen MR) is 49.6 cm³/mol. The van der Waals surface area contributed by atoms with Crippen molar-refractivity contribution in [1.82, 2.24) is 0 Å². The van der Waals surface area contributed by atoms with Crippen molar-refractivity contribution in [1.29, 1.82) is 0 Å². The van der Waals surface area contributed by atoms with Gasteiger partial charge in [-0.05, 0) is 13.3 Å². The van der Waals surface area contributed by atoms with Crippen LogP contribution in [-0.4, -0.2) is 12.7 Å². The molecule has 0 unspecified atom stereocenters. The minimum atomic E-state index is 0.0884. The van der Waals surface area contributed by atoms with E-state index in [1.807, 2.05) is 6.92 Å². The highest BCUT2D eigenvalue weighted by atomic mass is 16.5. The van der Waals surface area contributed by atoms with Crippen molar-refractivity contribution in [2.75, 3.05) is 6.61 Å². The van der Waals surface area contributed by atoms with Gasteiger partial charge in [0.2, 0.25) is 0 Å². The van der Waals surface area contributed by atoms with E-state index in [-0.39, 0.29) is 6.10 Å². The molecule has 0 rings (SSSR count). The number of ether oxygens (including phenoxy) is 1. The van der Waals surface area contributed by atoms with Gasteiger partial charge < -0.3 is 4.74 Å². The molecule has 0 aliphatic heterocycles. The summed E-state index contributed by atoms with van der Waals surface area (Å²) in [5.41, 5.74) is 1.11. The molecular weight excluding hydrogens is 136 g/mol. The van der Waals surface area contributed by atoms with Gasteiger partial charge in [0.15, 0.2) is 0 Å². The van der Waals surface area contributed by atoms with Gasteiger partial charge in [-0.1, -0.05) is 17.7 Å². The van der Waals surface area contributed by atoms with Gasteiger partial charge in [-0.15, -0.1) is 19.7 Å². The largest absolute Gasteiger partial charge is 0.370 e. The smallest absolute Gasteiger partial charge is 0.0794 e. The molecule has 0 aromatic rings. The standard InChI is InChI=1S/C10H16O/c1-5-7-11-10(6-2)8-9(3)4/h5-6,10H,1-3,7-8H2,4H3/t10-/m1/s1. The van der Waals surface area contributed by atoms with Crippen LogP contribution in [0.1, 0.15) is 13.3 Å². The van der Waals surface area contributed by atoms with Gasteiger partial charge in [0.05, 0.1) is 12.7 Å². The van der Waals surface area contributed by atoms with E-state index in [0.717, 1.165) is 12.0 Å². The van der Waals surface area contributed by atoms with Gasteiger partial charge in [-0.3, -0.25) is 0 Å². The lowest BCUT2D eigenvalue weighted by molar-refractivity contribution is 0.110. The topological polar surface area (TPSA) is 9.23 Å². The monoisotopic (exact) mass is 152 g/mol. The SMILES string of the molecule is C=CCO[C@H](C=C)CC(=C)C. The first-order chi connectivity index (χ1) is 5.20. The van der Waals surface area contributed by atoms with Crippen LogP contribution in [0.5, 0.6) is 0 Å². The second-order valence-electron chi connectivity index (χ2n) is 2.56. The van der Waals surface area contributed by atoms with Crippen molar-refractivity contribution in [2.24, 2.45) is 0 Å². The average molecular weight is 152 g/mol. The van der Waals surface area contributed by atoms with Gasteiger partial charge in [-0.25, -0.2) is 0 Å². The second-order valence-corrected chi connectivity index (χ2v) is 2.56. The first kappa shape index (κ1) is 10.2. The molecule has 0 aromatic heterocycles. The van der Waals surface area contributed by atoms with Crippen LogP contribution in [0.3, 0.4) is 0 Å². The van der Waals surface area contributed by atoms with Crippen LogP contribution in [0.4, 0.5) is 0 Å². The zero-order valence-electron chi connectivity index (χ0n) is 7.18. The summed E-state index contributed by atoms with van der Waals surface area (Å²) in [6, 6.07) is 0. The molecular formula is C10H16O. The molecule has 1 atom stereocenters. The molecule has 0 amide bonds. The van der Waals surface area contributed by atoms with Gasteiger partial charge in [0.1, 0.15) is 0 Å². The van der Waals surface area contributed by atoms with Crippen LogP contribution in [-0.2, 0) is 4.74 Å². The van der Waals surface area contributed by atoms with Crippen molar-refractivity contribution in [3.63, 3.8) is 0 Å². The summed E-state index contributed by atoms with van der Waals surface area (Å²) in [6.07, 6.45) is 4.45. The molecule has 1 nitrogen and oxygen atoms in total. The Bertz CT molecular complexity index is 147. The first-order valence-electron chi connectivity index (χ1n) is 3.70. The van der Waals surface area contributed by atoms with Crippen LogP contribution < -0.4 is 0 Å². The molecule has 0 spiro atoms. The summed E-state index contributed by atoms with van der Waals surface area (Å²) in [7, 11) is 0. The van der Waals surface area contributed by atoms with E-state index in [1.165, 1.54) is 0 Å². The molecule has 0 aliphatic rings. The van der Waals surface area contributed by atoms with Gasteiger partial charge in [0.25, 0.3) is 0 Å². The fourth-order valence-electron chi connectivity index (χ4n) is 0.745. The van der Waals surface area contributed by atoms with Gasteiger partial charge in [-0.2, -0.15) is 0 Å². The van der Waals surface area contributed by atoms with Gasteiger partial charge in [0, 0.05) is 0 Å². The molecule has 0 N–H and O–H groups in total. The summed E-state index contributed by atoms with van der Waals surface area (Å²) in [5.74, 6) is 0. The van der Waals surface area contributed by atoms with E-state index in [2.05, 4.69) is 19.7 Å². The molecule has 11 heavy (non-hydrogen) atoms. The third-order valence-corrected chi connectivity index (χ3v) is 1.24. The Morgan fingerprint density at radius 3 is 2.55 bits per heavy atom. The van der Waals surface area contributed by atoms with Crippen LogP contribution in [0.15, 0.2) is 37.5 Å². The Morgan fingerprint density at radius 1 is 1.55 bits per heavy atom. The van der Waals surface area contributed by atoms with Crippen LogP contribution in [0.25, 0.3) is 0 Å². The first-order valence-corrected chi connectivity index (χ1v) is 3.70. The summed E-state index contributed by atoms with van der Waals surface area (Å²) < 4.78 is 5.35. The fourth-order valence-corrected chi connectivity index (χ4v) is 0.745. The Balaban J connectivity index is 3.65. The molecule has 0 saturated carbocycles. The normalized spacial score (nSPS) is 12.1. The summed E-state index contributed by atoms with van der Waals surface area (Å²) >= 11 is 0. The van der Waals surface area contributed by atoms with E-state index in [1.54, 1.807) is 12.2 Å². The Hall–Kier alpha value is -0.820. The molecule has 1 heteroatoms. The molecule has 0 radical (unpaired) electrons. The van der Waals surface area contributed by atoms with Crippen molar-refractivity contribution >= 4 is 0 Å². The third kappa shape index (κ3) is 5.62. The molecule has 0 saturated heterocycles. The van der Waals surface area contributed by atoms with E-state index >= 15 is 0 Å². The van der Waals surface area contributed by atoms with E-state index in [9.17, 15) is 0 Å². The van der Waals surface area contributed by atoms with Crippen LogP contribution in [0.2, 0.25) is 0 Å². The molecule has 0 bridgehead atoms. The van der Waals surface area contributed by atoms with E-state index < -0.39 is 0 Å². The lowest BCUT2D eigenvalue weighted by Crippen LogP contribution is -2.09. The van der Waals surface area contributed by atoms with E-state index in [0.29, 0.717) is 6.61 Å². The van der Waals surface area contributed by atoms with Crippen molar-refractivity contribution in [2.45, 2.75) is 19.4 Å². The highest BCUT2D eigenvalue weighted by Gasteiger charge is 2.01. The minimum Gasteiger partial charge on any atom is -0.370 e. The molecule has 0 aromatic carbocycles. The summed E-state index contributed by atoms with van der Waals surface area (Å²) in [4.78, 5) is 0. The van der Waals surface area contributed by atoms with Crippen molar-refractivity contribution < 1.29 is 4.74 Å². The fraction of sp³-hybridized carbons (Fsp3) is 0.400. The van der Waals surface area contributed by atoms with Crippen molar-refractivity contribution in [3.8, 4) is 0 Å². The zero-order chi connectivity index (χ0) is 8.69. The summed E-state index contributed by atoms with van der Waals surface area (Å²) in [5, 5.41) is 0. The number of hydrogen-bond acceptors (Lipinski definition) is 1. The lowest BCUT2D eigenvalue weighted by Gasteiger charge is -2.11. The molecule has 0 aliphatic carbocycles.